The molecule has 1 fully saturated rings. The van der Waals surface area contributed by atoms with Crippen LogP contribution in [0.4, 0.5) is 5.69 Å². The quantitative estimate of drug-likeness (QED) is 0.178. The number of fused-ring (bicyclic) bond motifs is 7. The topological polar surface area (TPSA) is 46.8 Å². The van der Waals surface area contributed by atoms with Crippen molar-refractivity contribution in [3.05, 3.63) is 100.0 Å². The Bertz CT molecular complexity index is 2980. The Morgan fingerprint density at radius 2 is 1.76 bits per heavy atom. The molecule has 4 aromatic heterocycles. The van der Waals surface area contributed by atoms with Crippen LogP contribution in [0.15, 0.2) is 75.7 Å². The maximum absolute atomic E-state index is 6.99. The van der Waals surface area contributed by atoms with E-state index in [0.29, 0.717) is 17.8 Å². The van der Waals surface area contributed by atoms with E-state index in [1.165, 1.54) is 75.4 Å². The number of benzene rings is 3. The lowest BCUT2D eigenvalue weighted by molar-refractivity contribution is 0.362. The van der Waals surface area contributed by atoms with Crippen molar-refractivity contribution >= 4 is 96.5 Å². The molecular formula is C45H38BN3O2. The van der Waals surface area contributed by atoms with Crippen molar-refractivity contribution in [3.63, 3.8) is 0 Å². The van der Waals surface area contributed by atoms with Crippen LogP contribution in [-0.4, -0.2) is 22.6 Å². The molecule has 3 aromatic carbocycles. The molecule has 0 amide bonds. The summed E-state index contributed by atoms with van der Waals surface area (Å²) in [6.07, 6.45) is 12.7. The molecule has 6 heteroatoms. The SMILES string of the molecule is C=C1/C(=c2/oc(/C=C\C)cc2=C)B2c3c4oc5ccccc5c4cc4nc5c6c(c7cc8c(c2c7n5c34)N1CC=C8C(C)CC)C1CCC6CC1. The summed E-state index contributed by atoms with van der Waals surface area (Å²) < 4.78 is 16.3. The summed E-state index contributed by atoms with van der Waals surface area (Å²) in [6.45, 7) is 16.8. The fourth-order valence-electron chi connectivity index (χ4n) is 11.1. The summed E-state index contributed by atoms with van der Waals surface area (Å²) in [5.74, 6) is 2.37. The number of rotatable bonds is 3. The first-order valence-electron chi connectivity index (χ1n) is 18.9. The van der Waals surface area contributed by atoms with Gasteiger partial charge in [0.15, 0.2) is 0 Å². The van der Waals surface area contributed by atoms with Crippen LogP contribution in [0, 0.1) is 5.92 Å². The smallest absolute Gasteiger partial charge is 0.262 e. The van der Waals surface area contributed by atoms with Crippen LogP contribution in [0.2, 0.25) is 0 Å². The lowest BCUT2D eigenvalue weighted by Gasteiger charge is -2.45. The molecule has 0 saturated heterocycles. The molecule has 0 spiro atoms. The maximum Gasteiger partial charge on any atom is 0.262 e. The van der Waals surface area contributed by atoms with Gasteiger partial charge in [0.05, 0.1) is 16.6 Å². The molecule has 7 aromatic rings. The van der Waals surface area contributed by atoms with Crippen molar-refractivity contribution in [1.29, 1.82) is 0 Å². The van der Waals surface area contributed by atoms with Gasteiger partial charge in [-0.1, -0.05) is 57.4 Å². The van der Waals surface area contributed by atoms with E-state index in [9.17, 15) is 0 Å². The highest BCUT2D eigenvalue weighted by molar-refractivity contribution is 7.05. The van der Waals surface area contributed by atoms with Crippen LogP contribution in [-0.2, 0) is 0 Å². The lowest BCUT2D eigenvalue weighted by Crippen LogP contribution is -2.57. The molecule has 1 saturated carbocycles. The number of nitrogens with zero attached hydrogens (tertiary/aromatic N) is 3. The summed E-state index contributed by atoms with van der Waals surface area (Å²) in [5.41, 5.74) is 19.1. The second-order valence-corrected chi connectivity index (χ2v) is 15.7. The number of imidazole rings is 1. The molecular weight excluding hydrogens is 625 g/mol. The van der Waals surface area contributed by atoms with E-state index >= 15 is 0 Å². The van der Waals surface area contributed by atoms with Crippen LogP contribution in [0.1, 0.15) is 87.2 Å². The zero-order valence-electron chi connectivity index (χ0n) is 29.4. The highest BCUT2D eigenvalue weighted by Gasteiger charge is 2.49. The third-order valence-electron chi connectivity index (χ3n) is 13.3. The molecule has 3 aliphatic carbocycles. The van der Waals surface area contributed by atoms with Crippen molar-refractivity contribution in [2.45, 2.75) is 64.7 Å². The van der Waals surface area contributed by atoms with Gasteiger partial charge < -0.3 is 13.7 Å². The minimum absolute atomic E-state index is 0.175. The standard InChI is InChI=1S/C45H38BN3O2/c1-6-10-27-19-23(4)43(50-27)37-24(5)48-18-17-28(22(3)7-2)30-20-32-35-25-13-15-26(16-14-25)36(35)45-47-33-21-31-29-11-8-9-12-34(29)51-44(31)39-42(33)49(45)41(32)38(40(30)48)46(37)39/h6,8-12,17,19-22,25-26H,4-5,7,13-16,18H2,1-3H3/b10-6-,43-37-. The van der Waals surface area contributed by atoms with Crippen molar-refractivity contribution < 1.29 is 8.83 Å². The molecule has 3 aliphatic heterocycles. The highest BCUT2D eigenvalue weighted by atomic mass is 16.3. The average Bonchev–Trinajstić information content (AvgIpc) is 3.84. The normalized spacial score (nSPS) is 21.9. The Morgan fingerprint density at radius 1 is 0.961 bits per heavy atom. The Hall–Kier alpha value is -5.23. The van der Waals surface area contributed by atoms with Gasteiger partial charge in [-0.05, 0) is 115 Å². The van der Waals surface area contributed by atoms with Crippen molar-refractivity contribution in [2.75, 3.05) is 11.4 Å². The number of hydrogen-bond acceptors (Lipinski definition) is 4. The predicted molar refractivity (Wildman–Crippen MR) is 212 cm³/mol. The molecule has 13 rings (SSSR count). The molecule has 0 radical (unpaired) electrons. The van der Waals surface area contributed by atoms with Crippen molar-refractivity contribution in [2.24, 2.45) is 5.92 Å². The monoisotopic (exact) mass is 663 g/mol. The lowest BCUT2D eigenvalue weighted by atomic mass is 9.32. The van der Waals surface area contributed by atoms with E-state index < -0.39 is 0 Å². The summed E-state index contributed by atoms with van der Waals surface area (Å²) >= 11 is 0. The van der Waals surface area contributed by atoms with E-state index in [4.69, 9.17) is 20.4 Å². The van der Waals surface area contributed by atoms with E-state index in [2.05, 4.69) is 78.3 Å². The predicted octanol–water partition coefficient (Wildman–Crippen LogP) is 8.42. The van der Waals surface area contributed by atoms with Gasteiger partial charge in [-0.25, -0.2) is 4.98 Å². The molecule has 51 heavy (non-hydrogen) atoms. The summed E-state index contributed by atoms with van der Waals surface area (Å²) in [4.78, 5) is 8.13. The van der Waals surface area contributed by atoms with Gasteiger partial charge >= 0.3 is 0 Å². The summed E-state index contributed by atoms with van der Waals surface area (Å²) in [7, 11) is 0. The highest BCUT2D eigenvalue weighted by Crippen LogP contribution is 2.55. The number of para-hydroxylation sites is 1. The van der Waals surface area contributed by atoms with Crippen LogP contribution in [0.5, 0.6) is 0 Å². The fourth-order valence-corrected chi connectivity index (χ4v) is 11.1. The van der Waals surface area contributed by atoms with Crippen molar-refractivity contribution in [1.82, 2.24) is 9.38 Å². The minimum Gasteiger partial charge on any atom is -0.457 e. The molecule has 1 unspecified atom stereocenters. The Balaban J connectivity index is 1.38. The third kappa shape index (κ3) is 3.29. The molecule has 248 valence electrons. The molecule has 1 atom stereocenters. The number of aromatic nitrogens is 2. The Morgan fingerprint density at radius 3 is 2.57 bits per heavy atom. The zero-order valence-corrected chi connectivity index (χ0v) is 29.4. The van der Waals surface area contributed by atoms with E-state index in [1.54, 1.807) is 5.56 Å². The van der Waals surface area contributed by atoms with Crippen LogP contribution in [0.25, 0.3) is 73.2 Å². The van der Waals surface area contributed by atoms with Gasteiger partial charge in [0, 0.05) is 50.4 Å². The van der Waals surface area contributed by atoms with Crippen LogP contribution in [0.3, 0.4) is 0 Å². The van der Waals surface area contributed by atoms with Gasteiger partial charge in [-0.2, -0.15) is 0 Å². The zero-order chi connectivity index (χ0) is 34.0. The van der Waals surface area contributed by atoms with Crippen LogP contribution >= 0.6 is 0 Å². The maximum atomic E-state index is 6.99. The second kappa shape index (κ2) is 9.55. The third-order valence-corrected chi connectivity index (χ3v) is 13.3. The van der Waals surface area contributed by atoms with Crippen LogP contribution < -0.4 is 26.5 Å². The van der Waals surface area contributed by atoms with Gasteiger partial charge in [-0.3, -0.25) is 4.40 Å². The minimum atomic E-state index is -0.175. The Labute approximate surface area is 296 Å². The molecule has 2 bridgehead atoms. The second-order valence-electron chi connectivity index (χ2n) is 15.7. The molecule has 6 aliphatic rings. The number of hydrogen-bond donors (Lipinski definition) is 0. The van der Waals surface area contributed by atoms with E-state index in [0.717, 1.165) is 73.6 Å². The average molecular weight is 664 g/mol. The van der Waals surface area contributed by atoms with E-state index in [1.807, 2.05) is 19.1 Å². The van der Waals surface area contributed by atoms with Gasteiger partial charge in [-0.15, -0.1) is 0 Å². The first-order valence-corrected chi connectivity index (χ1v) is 18.9. The van der Waals surface area contributed by atoms with Gasteiger partial charge in [0.25, 0.3) is 6.71 Å². The molecule has 5 nitrogen and oxygen atoms in total. The number of allylic oxidation sites excluding steroid dienone is 3. The van der Waals surface area contributed by atoms with E-state index in [-0.39, 0.29) is 6.71 Å². The van der Waals surface area contributed by atoms with Crippen molar-refractivity contribution in [3.8, 4) is 0 Å². The summed E-state index contributed by atoms with van der Waals surface area (Å²) in [6, 6.07) is 15.4. The molecule has 0 N–H and O–H groups in total. The van der Waals surface area contributed by atoms with Gasteiger partial charge in [0.2, 0.25) is 0 Å². The Kier molecular flexibility index (Phi) is 5.33. The number of pyridine rings is 1. The number of furan rings is 2. The fraction of sp³-hybridized carbons (Fsp3) is 0.267. The number of anilines is 1. The van der Waals surface area contributed by atoms with Gasteiger partial charge in [0.1, 0.15) is 28.0 Å². The first-order chi connectivity index (χ1) is 25.0. The summed E-state index contributed by atoms with van der Waals surface area (Å²) in [5, 5.41) is 4.55. The first kappa shape index (κ1) is 28.5. The molecule has 7 heterocycles. The largest absolute Gasteiger partial charge is 0.457 e.